The SMILES string of the molecule is COc1ccc(C=C2C(=O)OC(C(=O)O)C2c2ccc(O)c(O)c2)cc1O. The molecule has 0 saturated carbocycles. The molecule has 0 aromatic heterocycles. The predicted octanol–water partition coefficient (Wildman–Crippen LogP) is 1.99. The molecule has 8 nitrogen and oxygen atoms in total. The minimum atomic E-state index is -1.49. The van der Waals surface area contributed by atoms with Crippen molar-refractivity contribution in [2.45, 2.75) is 12.0 Å². The fourth-order valence-corrected chi connectivity index (χ4v) is 2.95. The van der Waals surface area contributed by atoms with Crippen LogP contribution in [0.25, 0.3) is 6.08 Å². The number of phenolic OH excluding ortho intramolecular Hbond substituents is 3. The quantitative estimate of drug-likeness (QED) is 0.364. The molecular formula is C19H16O8. The van der Waals surface area contributed by atoms with Crippen LogP contribution in [-0.2, 0) is 14.3 Å². The molecule has 1 fully saturated rings. The lowest BCUT2D eigenvalue weighted by Crippen LogP contribution is -2.25. The van der Waals surface area contributed by atoms with E-state index in [1.165, 1.54) is 43.5 Å². The van der Waals surface area contributed by atoms with Crippen molar-refractivity contribution >= 4 is 18.0 Å². The Labute approximate surface area is 153 Å². The summed E-state index contributed by atoms with van der Waals surface area (Å²) >= 11 is 0. The first kappa shape index (κ1) is 18.1. The number of esters is 1. The van der Waals surface area contributed by atoms with Crippen LogP contribution in [0, 0.1) is 0 Å². The summed E-state index contributed by atoms with van der Waals surface area (Å²) in [6, 6.07) is 8.21. The number of aliphatic carboxylic acids is 1. The Kier molecular flexibility index (Phi) is 4.64. The highest BCUT2D eigenvalue weighted by molar-refractivity contribution is 6.01. The zero-order valence-electron chi connectivity index (χ0n) is 14.1. The summed E-state index contributed by atoms with van der Waals surface area (Å²) in [5, 5.41) is 38.5. The lowest BCUT2D eigenvalue weighted by atomic mass is 9.87. The molecule has 3 rings (SSSR count). The summed E-state index contributed by atoms with van der Waals surface area (Å²) in [7, 11) is 1.40. The fourth-order valence-electron chi connectivity index (χ4n) is 2.95. The Morgan fingerprint density at radius 1 is 1.07 bits per heavy atom. The largest absolute Gasteiger partial charge is 0.504 e. The van der Waals surface area contributed by atoms with E-state index >= 15 is 0 Å². The van der Waals surface area contributed by atoms with Gasteiger partial charge in [0.2, 0.25) is 6.10 Å². The molecule has 2 atom stereocenters. The van der Waals surface area contributed by atoms with Crippen LogP contribution in [0.4, 0.5) is 0 Å². The smallest absolute Gasteiger partial charge is 0.346 e. The second-order valence-corrected chi connectivity index (χ2v) is 5.92. The third kappa shape index (κ3) is 3.37. The van der Waals surface area contributed by atoms with Gasteiger partial charge in [0.15, 0.2) is 23.0 Å². The minimum absolute atomic E-state index is 0.0389. The Morgan fingerprint density at radius 3 is 2.41 bits per heavy atom. The van der Waals surface area contributed by atoms with Crippen LogP contribution in [-0.4, -0.2) is 45.6 Å². The minimum Gasteiger partial charge on any atom is -0.504 e. The summed E-state index contributed by atoms with van der Waals surface area (Å²) in [5.74, 6) is -3.90. The molecule has 140 valence electrons. The molecule has 1 heterocycles. The molecule has 8 heteroatoms. The van der Waals surface area contributed by atoms with Crippen LogP contribution in [0.2, 0.25) is 0 Å². The van der Waals surface area contributed by atoms with Gasteiger partial charge in [-0.1, -0.05) is 12.1 Å². The van der Waals surface area contributed by atoms with Crippen LogP contribution in [0.1, 0.15) is 17.0 Å². The van der Waals surface area contributed by atoms with E-state index in [4.69, 9.17) is 9.47 Å². The number of carboxylic acids is 1. The first-order valence-corrected chi connectivity index (χ1v) is 7.86. The number of carbonyl (C=O) groups is 2. The normalized spacial score (nSPS) is 20.5. The van der Waals surface area contributed by atoms with Gasteiger partial charge < -0.3 is 29.9 Å². The highest BCUT2D eigenvalue weighted by atomic mass is 16.6. The molecule has 0 aliphatic carbocycles. The van der Waals surface area contributed by atoms with Gasteiger partial charge in [-0.25, -0.2) is 9.59 Å². The van der Waals surface area contributed by atoms with E-state index in [-0.39, 0.29) is 28.4 Å². The van der Waals surface area contributed by atoms with E-state index in [1.807, 2.05) is 0 Å². The van der Waals surface area contributed by atoms with Crippen molar-refractivity contribution in [1.82, 2.24) is 0 Å². The van der Waals surface area contributed by atoms with Crippen molar-refractivity contribution in [3.63, 3.8) is 0 Å². The van der Waals surface area contributed by atoms with Gasteiger partial charge in [0.25, 0.3) is 0 Å². The topological polar surface area (TPSA) is 134 Å². The highest BCUT2D eigenvalue weighted by Crippen LogP contribution is 2.41. The molecule has 2 aromatic rings. The summed E-state index contributed by atoms with van der Waals surface area (Å²) in [6.45, 7) is 0. The van der Waals surface area contributed by atoms with Gasteiger partial charge in [0.05, 0.1) is 13.0 Å². The van der Waals surface area contributed by atoms with Gasteiger partial charge in [-0.05, 0) is 41.5 Å². The number of ether oxygens (including phenoxy) is 2. The van der Waals surface area contributed by atoms with Crippen molar-refractivity contribution in [3.8, 4) is 23.0 Å². The van der Waals surface area contributed by atoms with Crippen LogP contribution in [0.15, 0.2) is 42.0 Å². The monoisotopic (exact) mass is 372 g/mol. The van der Waals surface area contributed by atoms with Gasteiger partial charge in [-0.3, -0.25) is 0 Å². The molecule has 1 aliphatic heterocycles. The van der Waals surface area contributed by atoms with Gasteiger partial charge >= 0.3 is 11.9 Å². The average molecular weight is 372 g/mol. The maximum atomic E-state index is 12.3. The molecule has 2 aromatic carbocycles. The molecule has 0 radical (unpaired) electrons. The predicted molar refractivity (Wildman–Crippen MR) is 92.7 cm³/mol. The van der Waals surface area contributed by atoms with Crippen molar-refractivity contribution in [1.29, 1.82) is 0 Å². The van der Waals surface area contributed by atoms with Crippen LogP contribution < -0.4 is 4.74 Å². The fraction of sp³-hybridized carbons (Fsp3) is 0.158. The Balaban J connectivity index is 2.10. The lowest BCUT2D eigenvalue weighted by molar-refractivity contribution is -0.156. The van der Waals surface area contributed by atoms with Crippen LogP contribution in [0.5, 0.6) is 23.0 Å². The van der Waals surface area contributed by atoms with E-state index in [0.717, 1.165) is 0 Å². The molecule has 4 N–H and O–H groups in total. The number of phenols is 3. The Morgan fingerprint density at radius 2 is 1.81 bits per heavy atom. The highest BCUT2D eigenvalue weighted by Gasteiger charge is 2.45. The Hall–Kier alpha value is -3.68. The molecular weight excluding hydrogens is 356 g/mol. The molecule has 1 saturated heterocycles. The van der Waals surface area contributed by atoms with Gasteiger partial charge in [0.1, 0.15) is 0 Å². The summed E-state index contributed by atoms with van der Waals surface area (Å²) in [4.78, 5) is 23.8. The second kappa shape index (κ2) is 6.91. The number of cyclic esters (lactones) is 1. The first-order chi connectivity index (χ1) is 12.8. The van der Waals surface area contributed by atoms with Gasteiger partial charge in [-0.15, -0.1) is 0 Å². The van der Waals surface area contributed by atoms with Crippen molar-refractivity contribution < 1.29 is 39.5 Å². The number of carbonyl (C=O) groups excluding carboxylic acids is 1. The third-order valence-electron chi connectivity index (χ3n) is 4.23. The molecule has 0 bridgehead atoms. The van der Waals surface area contributed by atoms with Crippen molar-refractivity contribution in [2.75, 3.05) is 7.11 Å². The maximum Gasteiger partial charge on any atom is 0.346 e. The van der Waals surface area contributed by atoms with E-state index in [1.54, 1.807) is 6.07 Å². The van der Waals surface area contributed by atoms with Gasteiger partial charge in [-0.2, -0.15) is 0 Å². The number of aromatic hydroxyl groups is 3. The summed E-state index contributed by atoms with van der Waals surface area (Å²) < 4.78 is 9.94. The second-order valence-electron chi connectivity index (χ2n) is 5.92. The number of rotatable bonds is 4. The van der Waals surface area contributed by atoms with Crippen LogP contribution in [0.3, 0.4) is 0 Å². The molecule has 0 spiro atoms. The van der Waals surface area contributed by atoms with Crippen LogP contribution >= 0.6 is 0 Å². The number of carboxylic acid groups (broad SMARTS) is 1. The third-order valence-corrected chi connectivity index (χ3v) is 4.23. The molecule has 2 unspecified atom stereocenters. The number of benzene rings is 2. The average Bonchev–Trinajstić information content (AvgIpc) is 2.94. The standard InChI is InChI=1S/C19H16O8/c1-26-15-5-2-9(7-14(15)22)6-11-16(17(18(23)24)27-19(11)25)10-3-4-12(20)13(21)8-10/h2-8,16-17,20-22H,1H3,(H,23,24). The van der Waals surface area contributed by atoms with Crippen molar-refractivity contribution in [2.24, 2.45) is 0 Å². The van der Waals surface area contributed by atoms with E-state index in [2.05, 4.69) is 0 Å². The summed E-state index contributed by atoms with van der Waals surface area (Å²) in [5.41, 5.74) is 0.754. The Bertz CT molecular complexity index is 947. The lowest BCUT2D eigenvalue weighted by Gasteiger charge is -2.15. The zero-order valence-corrected chi connectivity index (χ0v) is 14.1. The molecule has 0 amide bonds. The molecule has 1 aliphatic rings. The van der Waals surface area contributed by atoms with E-state index < -0.39 is 29.7 Å². The number of hydrogen-bond donors (Lipinski definition) is 4. The zero-order chi connectivity index (χ0) is 19.7. The summed E-state index contributed by atoms with van der Waals surface area (Å²) in [6.07, 6.45) is -0.0847. The number of hydrogen-bond acceptors (Lipinski definition) is 7. The van der Waals surface area contributed by atoms with Gasteiger partial charge in [0, 0.05) is 5.57 Å². The molecule has 27 heavy (non-hydrogen) atoms. The van der Waals surface area contributed by atoms with Crippen molar-refractivity contribution in [3.05, 3.63) is 53.1 Å². The van der Waals surface area contributed by atoms with E-state index in [0.29, 0.717) is 5.56 Å². The maximum absolute atomic E-state index is 12.3. The first-order valence-electron chi connectivity index (χ1n) is 7.86. The number of methoxy groups -OCH3 is 1. The van der Waals surface area contributed by atoms with E-state index in [9.17, 15) is 30.0 Å².